The highest BCUT2D eigenvalue weighted by Gasteiger charge is 2.05. The lowest BCUT2D eigenvalue weighted by Gasteiger charge is -2.13. The molecule has 160 valence electrons. The van der Waals surface area contributed by atoms with Crippen LogP contribution in [-0.4, -0.2) is 45.2 Å². The summed E-state index contributed by atoms with van der Waals surface area (Å²) in [6.07, 6.45) is 0.887. The van der Waals surface area contributed by atoms with E-state index in [1.165, 1.54) is 11.6 Å². The van der Waals surface area contributed by atoms with Crippen molar-refractivity contribution in [1.82, 2.24) is 15.5 Å². The minimum Gasteiger partial charge on any atom is -0.497 e. The maximum atomic E-state index is 13.9. The fraction of sp³-hybridized carbons (Fsp3) is 0.409. The maximum Gasteiger partial charge on any atom is 0.191 e. The van der Waals surface area contributed by atoms with E-state index in [2.05, 4.69) is 27.8 Å². The minimum atomic E-state index is -0.175. The molecule has 0 amide bonds. The van der Waals surface area contributed by atoms with Crippen LogP contribution in [0.25, 0.3) is 0 Å². The number of methoxy groups -OCH3 is 1. The van der Waals surface area contributed by atoms with Crippen molar-refractivity contribution in [3.05, 3.63) is 65.0 Å². The molecule has 0 aromatic heterocycles. The van der Waals surface area contributed by atoms with Gasteiger partial charge in [-0.1, -0.05) is 18.2 Å². The first-order valence-corrected chi connectivity index (χ1v) is 9.59. The first-order chi connectivity index (χ1) is 13.5. The molecule has 0 saturated heterocycles. The summed E-state index contributed by atoms with van der Waals surface area (Å²) in [6, 6.07) is 13.3. The van der Waals surface area contributed by atoms with Crippen LogP contribution in [0.2, 0.25) is 0 Å². The van der Waals surface area contributed by atoms with Gasteiger partial charge in [0.2, 0.25) is 0 Å². The summed E-state index contributed by atoms with van der Waals surface area (Å²) in [7, 11) is 5.53. The van der Waals surface area contributed by atoms with Gasteiger partial charge in [-0.25, -0.2) is 9.38 Å². The van der Waals surface area contributed by atoms with Crippen molar-refractivity contribution in [2.75, 3.05) is 34.3 Å². The largest absolute Gasteiger partial charge is 0.497 e. The Balaban J connectivity index is 0.00000420. The van der Waals surface area contributed by atoms with Crippen LogP contribution in [0, 0.1) is 5.82 Å². The second-order valence-electron chi connectivity index (χ2n) is 6.88. The lowest BCUT2D eigenvalue weighted by atomic mass is 10.1. The summed E-state index contributed by atoms with van der Waals surface area (Å²) in [4.78, 5) is 6.59. The van der Waals surface area contributed by atoms with Gasteiger partial charge in [-0.15, -0.1) is 24.0 Å². The van der Waals surface area contributed by atoms with E-state index in [0.29, 0.717) is 18.7 Å². The molecule has 0 aliphatic rings. The summed E-state index contributed by atoms with van der Waals surface area (Å²) in [5.74, 6) is 1.44. The van der Waals surface area contributed by atoms with Crippen LogP contribution in [0.4, 0.5) is 4.39 Å². The van der Waals surface area contributed by atoms with E-state index in [1.54, 1.807) is 13.2 Å². The molecule has 0 atom stereocenters. The van der Waals surface area contributed by atoms with Gasteiger partial charge in [-0.2, -0.15) is 0 Å². The van der Waals surface area contributed by atoms with Crippen molar-refractivity contribution < 1.29 is 9.13 Å². The number of nitrogens with one attached hydrogen (secondary N) is 2. The number of nitrogens with zero attached hydrogens (tertiary/aromatic N) is 2. The van der Waals surface area contributed by atoms with Crippen molar-refractivity contribution in [2.24, 2.45) is 4.99 Å². The van der Waals surface area contributed by atoms with E-state index in [4.69, 9.17) is 4.74 Å². The Labute approximate surface area is 190 Å². The van der Waals surface area contributed by atoms with Crippen LogP contribution >= 0.6 is 24.0 Å². The molecule has 2 N–H and O–H groups in total. The van der Waals surface area contributed by atoms with Crippen molar-refractivity contribution in [3.8, 4) is 5.75 Å². The molecule has 0 aliphatic carbocycles. The second kappa shape index (κ2) is 13.4. The summed E-state index contributed by atoms with van der Waals surface area (Å²) in [6.45, 7) is 4.66. The second-order valence-corrected chi connectivity index (χ2v) is 6.88. The molecule has 0 spiro atoms. The van der Waals surface area contributed by atoms with Crippen molar-refractivity contribution in [1.29, 1.82) is 0 Å². The number of guanidine groups is 1. The van der Waals surface area contributed by atoms with Crippen LogP contribution in [-0.2, 0) is 19.5 Å². The lowest BCUT2D eigenvalue weighted by Crippen LogP contribution is -2.38. The molecule has 29 heavy (non-hydrogen) atoms. The van der Waals surface area contributed by atoms with Crippen molar-refractivity contribution >= 4 is 29.9 Å². The third-order valence-electron chi connectivity index (χ3n) is 4.23. The van der Waals surface area contributed by atoms with Gasteiger partial charge in [0.05, 0.1) is 13.7 Å². The van der Waals surface area contributed by atoms with Crippen molar-refractivity contribution in [3.63, 3.8) is 0 Å². The Kier molecular flexibility index (Phi) is 11.6. The number of benzene rings is 2. The predicted molar refractivity (Wildman–Crippen MR) is 129 cm³/mol. The average Bonchev–Trinajstić information content (AvgIpc) is 2.68. The number of hydrogen-bond acceptors (Lipinski definition) is 3. The van der Waals surface area contributed by atoms with E-state index in [1.807, 2.05) is 44.1 Å². The first-order valence-electron chi connectivity index (χ1n) is 9.59. The van der Waals surface area contributed by atoms with Gasteiger partial charge in [0.25, 0.3) is 0 Å². The summed E-state index contributed by atoms with van der Waals surface area (Å²) < 4.78 is 19.1. The Morgan fingerprint density at radius 1 is 1.07 bits per heavy atom. The molecule has 2 aromatic rings. The molecule has 7 heteroatoms. The zero-order valence-corrected chi connectivity index (χ0v) is 20.0. The van der Waals surface area contributed by atoms with Gasteiger partial charge >= 0.3 is 0 Å². The third kappa shape index (κ3) is 8.99. The predicted octanol–water partition coefficient (Wildman–Crippen LogP) is 3.81. The highest BCUT2D eigenvalue weighted by atomic mass is 127. The van der Waals surface area contributed by atoms with Gasteiger partial charge in [0, 0.05) is 25.2 Å². The highest BCUT2D eigenvalue weighted by molar-refractivity contribution is 14.0. The summed E-state index contributed by atoms with van der Waals surface area (Å²) in [5.41, 5.74) is 2.91. The van der Waals surface area contributed by atoms with Crippen molar-refractivity contribution in [2.45, 2.75) is 26.4 Å². The van der Waals surface area contributed by atoms with Gasteiger partial charge in [-0.3, -0.25) is 0 Å². The highest BCUT2D eigenvalue weighted by Crippen LogP contribution is 2.13. The molecule has 0 saturated carbocycles. The Hall–Kier alpha value is -1.87. The standard InChI is InChI=1S/C22H31FN4O.HI/c1-5-24-22(25-13-12-17-6-9-20(28-4)10-7-17)26-15-18-8-11-21(23)19(14-18)16-27(2)3;/h6-11,14H,5,12-13,15-16H2,1-4H3,(H2,24,25,26);1H. The number of hydrogen-bond donors (Lipinski definition) is 2. The molecule has 0 aliphatic heterocycles. The fourth-order valence-electron chi connectivity index (χ4n) is 2.82. The van der Waals surface area contributed by atoms with Gasteiger partial charge in [-0.05, 0) is 62.8 Å². The normalized spacial score (nSPS) is 11.2. The molecule has 2 aromatic carbocycles. The monoisotopic (exact) mass is 514 g/mol. The number of rotatable bonds is 9. The SMILES string of the molecule is CCNC(=NCc1ccc(F)c(CN(C)C)c1)NCCc1ccc(OC)cc1.I. The molecule has 5 nitrogen and oxygen atoms in total. The molecule has 0 radical (unpaired) electrons. The average molecular weight is 514 g/mol. The smallest absolute Gasteiger partial charge is 0.191 e. The van der Waals surface area contributed by atoms with Crippen LogP contribution in [0.15, 0.2) is 47.5 Å². The van der Waals surface area contributed by atoms with E-state index in [0.717, 1.165) is 36.8 Å². The molecular weight excluding hydrogens is 482 g/mol. The number of aliphatic imine (C=N–C) groups is 1. The lowest BCUT2D eigenvalue weighted by molar-refractivity contribution is 0.392. The zero-order valence-electron chi connectivity index (χ0n) is 17.7. The Bertz CT molecular complexity index is 766. The molecule has 0 heterocycles. The van der Waals surface area contributed by atoms with Crippen LogP contribution in [0.5, 0.6) is 5.75 Å². The van der Waals surface area contributed by atoms with Gasteiger partial charge < -0.3 is 20.3 Å². The van der Waals surface area contributed by atoms with E-state index in [-0.39, 0.29) is 29.8 Å². The van der Waals surface area contributed by atoms with Crippen LogP contribution in [0.3, 0.4) is 0 Å². The summed E-state index contributed by atoms with van der Waals surface area (Å²) >= 11 is 0. The van der Waals surface area contributed by atoms with E-state index >= 15 is 0 Å². The first kappa shape index (κ1) is 25.2. The summed E-state index contributed by atoms with van der Waals surface area (Å²) in [5, 5.41) is 6.60. The number of ether oxygens (including phenoxy) is 1. The molecular formula is C22H32FIN4O. The quantitative estimate of drug-likeness (QED) is 0.304. The Morgan fingerprint density at radius 3 is 2.38 bits per heavy atom. The molecule has 2 rings (SSSR count). The number of halogens is 2. The van der Waals surface area contributed by atoms with Crippen LogP contribution < -0.4 is 15.4 Å². The maximum absolute atomic E-state index is 13.9. The molecule has 0 fully saturated rings. The fourth-order valence-corrected chi connectivity index (χ4v) is 2.82. The molecule has 0 bridgehead atoms. The molecule has 0 unspecified atom stereocenters. The van der Waals surface area contributed by atoms with E-state index in [9.17, 15) is 4.39 Å². The van der Waals surface area contributed by atoms with E-state index < -0.39 is 0 Å². The van der Waals surface area contributed by atoms with Gasteiger partial charge in [0.1, 0.15) is 11.6 Å². The topological polar surface area (TPSA) is 48.9 Å². The minimum absolute atomic E-state index is 0. The van der Waals surface area contributed by atoms with Gasteiger partial charge in [0.15, 0.2) is 5.96 Å². The third-order valence-corrected chi connectivity index (χ3v) is 4.23. The Morgan fingerprint density at radius 2 is 1.76 bits per heavy atom. The van der Waals surface area contributed by atoms with Crippen LogP contribution in [0.1, 0.15) is 23.6 Å². The zero-order chi connectivity index (χ0) is 20.4.